The Morgan fingerprint density at radius 1 is 1.05 bits per heavy atom. The van der Waals surface area contributed by atoms with E-state index in [1.54, 1.807) is 24.5 Å². The first-order valence-corrected chi connectivity index (χ1v) is 11.0. The van der Waals surface area contributed by atoms with Crippen molar-refractivity contribution in [2.75, 3.05) is 12.3 Å². The van der Waals surface area contributed by atoms with Gasteiger partial charge in [-0.25, -0.2) is 4.98 Å². The number of hydrogen-bond acceptors (Lipinski definition) is 12. The Morgan fingerprint density at radius 2 is 1.73 bits per heavy atom. The summed E-state index contributed by atoms with van der Waals surface area (Å²) in [6.07, 6.45) is -1.60. The van der Waals surface area contributed by atoms with Gasteiger partial charge >= 0.3 is 17.9 Å². The monoisotopic (exact) mass is 510 g/mol. The molecule has 3 aromatic rings. The van der Waals surface area contributed by atoms with E-state index in [0.29, 0.717) is 5.56 Å². The SMILES string of the molecule is CC(=O)OCC1OC(n2c(C#Cc3ccncc3)nc3c(=O)[nH]c(N)nc32)C(OC(C)=O)C1OC(C)=O. The molecule has 1 saturated heterocycles. The molecule has 37 heavy (non-hydrogen) atoms. The Morgan fingerprint density at radius 3 is 2.38 bits per heavy atom. The summed E-state index contributed by atoms with van der Waals surface area (Å²) in [5.41, 5.74) is 5.62. The highest BCUT2D eigenvalue weighted by Gasteiger charge is 2.51. The van der Waals surface area contributed by atoms with Crippen LogP contribution in [0.5, 0.6) is 0 Å². The van der Waals surface area contributed by atoms with Gasteiger partial charge in [0.05, 0.1) is 0 Å². The molecule has 4 heterocycles. The van der Waals surface area contributed by atoms with E-state index in [0.717, 1.165) is 0 Å². The molecule has 4 unspecified atom stereocenters. The van der Waals surface area contributed by atoms with Crippen LogP contribution in [0.1, 0.15) is 38.4 Å². The van der Waals surface area contributed by atoms with Gasteiger partial charge in [0.15, 0.2) is 35.4 Å². The molecular weight excluding hydrogens is 488 g/mol. The van der Waals surface area contributed by atoms with Crippen molar-refractivity contribution >= 4 is 35.0 Å². The summed E-state index contributed by atoms with van der Waals surface area (Å²) in [6.45, 7) is 3.22. The van der Waals surface area contributed by atoms with Crippen molar-refractivity contribution in [3.05, 3.63) is 46.3 Å². The zero-order valence-electron chi connectivity index (χ0n) is 20.0. The largest absolute Gasteiger partial charge is 0.463 e. The number of carbonyl (C=O) groups excluding carboxylic acids is 3. The van der Waals surface area contributed by atoms with Gasteiger partial charge in [0, 0.05) is 38.7 Å². The molecule has 4 rings (SSSR count). The molecule has 192 valence electrons. The Hall–Kier alpha value is -4.77. The van der Waals surface area contributed by atoms with Crippen molar-refractivity contribution in [3.63, 3.8) is 0 Å². The molecule has 0 spiro atoms. The van der Waals surface area contributed by atoms with Crippen LogP contribution in [0.25, 0.3) is 11.2 Å². The summed E-state index contributed by atoms with van der Waals surface area (Å²) in [4.78, 5) is 62.8. The number of nitrogens with zero attached hydrogens (tertiary/aromatic N) is 4. The number of ether oxygens (including phenoxy) is 4. The van der Waals surface area contributed by atoms with E-state index < -0.39 is 48.0 Å². The summed E-state index contributed by atoms with van der Waals surface area (Å²) in [5.74, 6) is 3.59. The highest BCUT2D eigenvalue weighted by Crippen LogP contribution is 2.36. The van der Waals surface area contributed by atoms with E-state index in [-0.39, 0.29) is 29.5 Å². The molecule has 14 nitrogen and oxygen atoms in total. The molecule has 0 aliphatic carbocycles. The summed E-state index contributed by atoms with van der Waals surface area (Å²) in [6, 6.07) is 3.34. The third-order valence-corrected chi connectivity index (χ3v) is 5.16. The van der Waals surface area contributed by atoms with Gasteiger partial charge in [0.1, 0.15) is 12.7 Å². The first-order valence-electron chi connectivity index (χ1n) is 11.0. The maximum Gasteiger partial charge on any atom is 0.303 e. The molecule has 0 aromatic carbocycles. The van der Waals surface area contributed by atoms with E-state index in [4.69, 9.17) is 24.7 Å². The van der Waals surface area contributed by atoms with Crippen molar-refractivity contribution in [1.82, 2.24) is 24.5 Å². The Labute approximate surface area is 209 Å². The van der Waals surface area contributed by atoms with Crippen molar-refractivity contribution in [2.24, 2.45) is 0 Å². The highest BCUT2D eigenvalue weighted by molar-refractivity contribution is 5.73. The molecule has 0 amide bonds. The molecular formula is C23H22N6O8. The standard InChI is InChI=1S/C23H22N6O8/c1-11(30)34-10-15-18(35-12(2)31)19(36-13(3)32)22(37-15)29-16(5-4-14-6-8-25-9-7-14)26-17-20(29)27-23(24)28-21(17)33/h6-9,15,18-19,22H,10H2,1-3H3,(H3,24,27,28,33). The summed E-state index contributed by atoms with van der Waals surface area (Å²) in [7, 11) is 0. The highest BCUT2D eigenvalue weighted by atomic mass is 16.7. The van der Waals surface area contributed by atoms with Gasteiger partial charge < -0.3 is 24.7 Å². The number of esters is 3. The van der Waals surface area contributed by atoms with Crippen LogP contribution in [0, 0.1) is 11.8 Å². The summed E-state index contributed by atoms with van der Waals surface area (Å²) >= 11 is 0. The average Bonchev–Trinajstić information content (AvgIpc) is 3.34. The van der Waals surface area contributed by atoms with Gasteiger partial charge in [-0.05, 0) is 18.1 Å². The number of pyridine rings is 1. The molecule has 0 saturated carbocycles. The quantitative estimate of drug-likeness (QED) is 0.262. The number of nitrogens with one attached hydrogen (secondary N) is 1. The molecule has 1 aliphatic rings. The third-order valence-electron chi connectivity index (χ3n) is 5.16. The molecule has 1 fully saturated rings. The van der Waals surface area contributed by atoms with Gasteiger partial charge in [0.25, 0.3) is 5.56 Å². The normalized spacial score (nSPS) is 20.6. The molecule has 1 aliphatic heterocycles. The number of anilines is 1. The Balaban J connectivity index is 1.90. The van der Waals surface area contributed by atoms with E-state index in [1.807, 2.05) is 0 Å². The van der Waals surface area contributed by atoms with Crippen LogP contribution in [0.3, 0.4) is 0 Å². The van der Waals surface area contributed by atoms with Gasteiger partial charge in [-0.1, -0.05) is 5.92 Å². The number of carbonyl (C=O) groups is 3. The number of nitrogens with two attached hydrogens (primary N) is 1. The maximum atomic E-state index is 12.6. The van der Waals surface area contributed by atoms with Crippen LogP contribution in [0.15, 0.2) is 29.3 Å². The first-order chi connectivity index (χ1) is 17.6. The average molecular weight is 510 g/mol. The van der Waals surface area contributed by atoms with Crippen LogP contribution in [0.4, 0.5) is 5.95 Å². The molecule has 14 heteroatoms. The predicted molar refractivity (Wildman–Crippen MR) is 124 cm³/mol. The van der Waals surface area contributed by atoms with Crippen molar-refractivity contribution in [3.8, 4) is 11.8 Å². The van der Waals surface area contributed by atoms with Crippen LogP contribution in [0.2, 0.25) is 0 Å². The second kappa shape index (κ2) is 10.5. The van der Waals surface area contributed by atoms with Crippen LogP contribution >= 0.6 is 0 Å². The second-order valence-corrected chi connectivity index (χ2v) is 7.93. The third kappa shape index (κ3) is 5.57. The molecule has 0 bridgehead atoms. The maximum absolute atomic E-state index is 12.6. The van der Waals surface area contributed by atoms with E-state index in [1.165, 1.54) is 25.3 Å². The fraction of sp³-hybridized carbons (Fsp3) is 0.348. The van der Waals surface area contributed by atoms with Gasteiger partial charge in [-0.15, -0.1) is 0 Å². The Kier molecular flexibility index (Phi) is 7.16. The zero-order valence-corrected chi connectivity index (χ0v) is 20.0. The number of nitrogen functional groups attached to an aromatic ring is 1. The lowest BCUT2D eigenvalue weighted by Gasteiger charge is -2.24. The lowest BCUT2D eigenvalue weighted by atomic mass is 10.1. The molecule has 4 atom stereocenters. The molecule has 3 aromatic heterocycles. The minimum Gasteiger partial charge on any atom is -0.463 e. The van der Waals surface area contributed by atoms with Crippen molar-refractivity contribution < 1.29 is 33.3 Å². The van der Waals surface area contributed by atoms with E-state index in [9.17, 15) is 19.2 Å². The van der Waals surface area contributed by atoms with Crippen molar-refractivity contribution in [2.45, 2.75) is 45.3 Å². The predicted octanol–water partition coefficient (Wildman–Crippen LogP) is -0.179. The summed E-state index contributed by atoms with van der Waals surface area (Å²) in [5, 5.41) is 0. The van der Waals surface area contributed by atoms with Crippen LogP contribution in [-0.2, 0) is 33.3 Å². The van der Waals surface area contributed by atoms with E-state index in [2.05, 4.69) is 31.8 Å². The van der Waals surface area contributed by atoms with Gasteiger partial charge in [0.2, 0.25) is 5.95 Å². The fourth-order valence-corrected chi connectivity index (χ4v) is 3.79. The molecule has 0 radical (unpaired) electrons. The minimum atomic E-state index is -1.25. The lowest BCUT2D eigenvalue weighted by molar-refractivity contribution is -0.166. The van der Waals surface area contributed by atoms with Crippen molar-refractivity contribution in [1.29, 1.82) is 0 Å². The van der Waals surface area contributed by atoms with Crippen LogP contribution < -0.4 is 11.3 Å². The number of aromatic amines is 1. The van der Waals surface area contributed by atoms with Crippen LogP contribution in [-0.4, -0.2) is 67.3 Å². The first kappa shape index (κ1) is 25.3. The number of H-pyrrole nitrogens is 1. The summed E-state index contributed by atoms with van der Waals surface area (Å²) < 4.78 is 23.4. The van der Waals surface area contributed by atoms with Gasteiger partial charge in [-0.2, -0.15) is 4.98 Å². The lowest BCUT2D eigenvalue weighted by Crippen LogP contribution is -2.40. The minimum absolute atomic E-state index is 0.0165. The number of hydrogen-bond donors (Lipinski definition) is 2. The topological polar surface area (TPSA) is 191 Å². The van der Waals surface area contributed by atoms with E-state index >= 15 is 0 Å². The number of imidazole rings is 1. The molecule has 3 N–H and O–H groups in total. The fourth-order valence-electron chi connectivity index (χ4n) is 3.79. The second-order valence-electron chi connectivity index (χ2n) is 7.93. The number of aromatic nitrogens is 5. The zero-order chi connectivity index (χ0) is 26.7. The number of fused-ring (bicyclic) bond motifs is 1. The Bertz CT molecular complexity index is 1470. The van der Waals surface area contributed by atoms with Gasteiger partial charge in [-0.3, -0.25) is 33.7 Å². The smallest absolute Gasteiger partial charge is 0.303 e. The number of rotatable bonds is 5.